The Kier molecular flexibility index (Phi) is 5.18. The van der Waals surface area contributed by atoms with Crippen molar-refractivity contribution in [3.63, 3.8) is 0 Å². The van der Waals surface area contributed by atoms with Crippen molar-refractivity contribution in [2.45, 2.75) is 13.0 Å². The molecular formula is C27H20O6. The fourth-order valence-electron chi connectivity index (χ4n) is 3.72. The number of benzene rings is 3. The smallest absolute Gasteiger partial charge is 0.343 e. The third-order valence-electron chi connectivity index (χ3n) is 5.47. The van der Waals surface area contributed by atoms with Gasteiger partial charge in [-0.2, -0.15) is 0 Å². The Bertz CT molecular complexity index is 1330. The average molecular weight is 440 g/mol. The van der Waals surface area contributed by atoms with Crippen LogP contribution in [0.2, 0.25) is 0 Å². The van der Waals surface area contributed by atoms with E-state index in [4.69, 9.17) is 18.9 Å². The lowest BCUT2D eigenvalue weighted by molar-refractivity contribution is 0.0734. The van der Waals surface area contributed by atoms with Crippen molar-refractivity contribution >= 4 is 17.8 Å². The number of methoxy groups -OCH3 is 1. The molecule has 3 aromatic rings. The Labute approximate surface area is 190 Å². The Morgan fingerprint density at radius 1 is 0.970 bits per heavy atom. The van der Waals surface area contributed by atoms with Gasteiger partial charge in [0.25, 0.3) is 0 Å². The molecule has 3 aromatic carbocycles. The Balaban J connectivity index is 1.37. The van der Waals surface area contributed by atoms with Gasteiger partial charge >= 0.3 is 5.97 Å². The van der Waals surface area contributed by atoms with E-state index in [0.29, 0.717) is 22.6 Å². The molecule has 0 unspecified atom stereocenters. The molecular weight excluding hydrogens is 420 g/mol. The van der Waals surface area contributed by atoms with E-state index in [0.717, 1.165) is 16.9 Å². The van der Waals surface area contributed by atoms with Crippen molar-refractivity contribution in [3.8, 4) is 23.0 Å². The van der Waals surface area contributed by atoms with Crippen molar-refractivity contribution in [2.75, 3.05) is 7.11 Å². The van der Waals surface area contributed by atoms with E-state index in [1.807, 2.05) is 37.3 Å². The summed E-state index contributed by atoms with van der Waals surface area (Å²) in [7, 11) is 1.53. The second-order valence-corrected chi connectivity index (χ2v) is 7.66. The number of carbonyl (C=O) groups excluding carboxylic acids is 2. The third kappa shape index (κ3) is 3.99. The van der Waals surface area contributed by atoms with Crippen LogP contribution in [0.15, 0.2) is 84.1 Å². The molecule has 33 heavy (non-hydrogen) atoms. The average Bonchev–Trinajstić information content (AvgIpc) is 3.14. The van der Waals surface area contributed by atoms with Crippen molar-refractivity contribution < 1.29 is 28.5 Å². The Morgan fingerprint density at radius 2 is 1.82 bits per heavy atom. The van der Waals surface area contributed by atoms with E-state index < -0.39 is 5.97 Å². The lowest BCUT2D eigenvalue weighted by Gasteiger charge is -2.22. The number of carbonyl (C=O) groups is 2. The van der Waals surface area contributed by atoms with Gasteiger partial charge in [-0.15, -0.1) is 0 Å². The fraction of sp³-hybridized carbons (Fsp3) is 0.111. The summed E-state index contributed by atoms with van der Waals surface area (Å²) in [5.41, 5.74) is 2.53. The standard InChI is InChI=1S/C27H20O6/c1-16-19(12-17-6-3-4-9-23(17)31-16)14-25-26(28)22-11-10-21(15-24(22)33-25)32-27(29)18-7-5-8-20(13-18)30-2/h3-16H,1-2H3/t16-/m1/s1. The van der Waals surface area contributed by atoms with Crippen LogP contribution in [0.25, 0.3) is 6.08 Å². The lowest BCUT2D eigenvalue weighted by atomic mass is 10.0. The van der Waals surface area contributed by atoms with Crippen LogP contribution in [0.5, 0.6) is 23.0 Å². The molecule has 1 atom stereocenters. The summed E-state index contributed by atoms with van der Waals surface area (Å²) in [6, 6.07) is 19.1. The Morgan fingerprint density at radius 3 is 2.67 bits per heavy atom. The molecule has 0 saturated heterocycles. The third-order valence-corrected chi connectivity index (χ3v) is 5.47. The van der Waals surface area contributed by atoms with Crippen LogP contribution in [0.3, 0.4) is 0 Å². The summed E-state index contributed by atoms with van der Waals surface area (Å²) >= 11 is 0. The molecule has 2 aliphatic rings. The van der Waals surface area contributed by atoms with Crippen molar-refractivity contribution in [2.24, 2.45) is 0 Å². The minimum Gasteiger partial charge on any atom is -0.497 e. The summed E-state index contributed by atoms with van der Waals surface area (Å²) in [6.07, 6.45) is 3.45. The van der Waals surface area contributed by atoms with Crippen molar-refractivity contribution in [1.29, 1.82) is 0 Å². The maximum Gasteiger partial charge on any atom is 0.343 e. The molecule has 5 rings (SSSR count). The number of fused-ring (bicyclic) bond motifs is 2. The molecule has 0 fully saturated rings. The summed E-state index contributed by atoms with van der Waals surface area (Å²) in [5, 5.41) is 0. The van der Waals surface area contributed by atoms with Crippen molar-refractivity contribution in [3.05, 3.63) is 101 Å². The topological polar surface area (TPSA) is 71.1 Å². The zero-order valence-corrected chi connectivity index (χ0v) is 18.0. The molecule has 0 saturated carbocycles. The van der Waals surface area contributed by atoms with Crippen LogP contribution >= 0.6 is 0 Å². The largest absolute Gasteiger partial charge is 0.497 e. The lowest BCUT2D eigenvalue weighted by Crippen LogP contribution is -2.18. The number of esters is 1. The molecule has 0 aromatic heterocycles. The van der Waals surface area contributed by atoms with Gasteiger partial charge in [-0.05, 0) is 61.0 Å². The van der Waals surface area contributed by atoms with Gasteiger partial charge in [0.1, 0.15) is 29.1 Å². The van der Waals surface area contributed by atoms with E-state index in [-0.39, 0.29) is 23.4 Å². The van der Waals surface area contributed by atoms with E-state index in [1.54, 1.807) is 42.5 Å². The van der Waals surface area contributed by atoms with Crippen LogP contribution in [0, 0.1) is 0 Å². The SMILES string of the molecule is COc1cccc(C(=O)Oc2ccc3c(c2)OC(=CC2=Cc4ccccc4O[C@@H]2C)C3=O)c1. The van der Waals surface area contributed by atoms with Crippen LogP contribution in [-0.4, -0.2) is 25.0 Å². The monoisotopic (exact) mass is 440 g/mol. The van der Waals surface area contributed by atoms with Crippen LogP contribution in [0.1, 0.15) is 33.2 Å². The van der Waals surface area contributed by atoms with Gasteiger partial charge in [0.15, 0.2) is 5.76 Å². The number of para-hydroxylation sites is 1. The first-order valence-electron chi connectivity index (χ1n) is 10.4. The minimum atomic E-state index is -0.536. The zero-order chi connectivity index (χ0) is 22.9. The number of ether oxygens (including phenoxy) is 4. The molecule has 164 valence electrons. The molecule has 0 spiro atoms. The molecule has 0 radical (unpaired) electrons. The highest BCUT2D eigenvalue weighted by Crippen LogP contribution is 2.36. The highest BCUT2D eigenvalue weighted by Gasteiger charge is 2.29. The number of allylic oxidation sites excluding steroid dienone is 1. The van der Waals surface area contributed by atoms with Crippen LogP contribution < -0.4 is 18.9 Å². The van der Waals surface area contributed by atoms with Gasteiger partial charge in [0, 0.05) is 11.6 Å². The number of hydrogen-bond acceptors (Lipinski definition) is 6. The maximum absolute atomic E-state index is 12.9. The summed E-state index contributed by atoms with van der Waals surface area (Å²) in [6.45, 7) is 1.92. The van der Waals surface area contributed by atoms with E-state index in [1.165, 1.54) is 13.2 Å². The second kappa shape index (κ2) is 8.31. The molecule has 6 nitrogen and oxygen atoms in total. The van der Waals surface area contributed by atoms with Gasteiger partial charge in [0.05, 0.1) is 18.2 Å². The highest BCUT2D eigenvalue weighted by atomic mass is 16.5. The van der Waals surface area contributed by atoms with E-state index in [2.05, 4.69) is 0 Å². The molecule has 0 bridgehead atoms. The molecule has 0 N–H and O–H groups in total. The first-order chi connectivity index (χ1) is 16.0. The van der Waals surface area contributed by atoms with Gasteiger partial charge in [-0.3, -0.25) is 4.79 Å². The number of rotatable bonds is 4. The van der Waals surface area contributed by atoms with Gasteiger partial charge in [-0.1, -0.05) is 24.3 Å². The fourth-order valence-corrected chi connectivity index (χ4v) is 3.72. The summed E-state index contributed by atoms with van der Waals surface area (Å²) in [4.78, 5) is 25.4. The molecule has 0 aliphatic carbocycles. The van der Waals surface area contributed by atoms with Gasteiger partial charge < -0.3 is 18.9 Å². The predicted octanol–water partition coefficient (Wildman–Crippen LogP) is 5.24. The first-order valence-corrected chi connectivity index (χ1v) is 10.4. The zero-order valence-electron chi connectivity index (χ0n) is 18.0. The maximum atomic E-state index is 12.9. The van der Waals surface area contributed by atoms with Crippen LogP contribution in [0.4, 0.5) is 0 Å². The van der Waals surface area contributed by atoms with Crippen molar-refractivity contribution in [1.82, 2.24) is 0 Å². The Hall–Kier alpha value is -4.32. The molecule has 6 heteroatoms. The van der Waals surface area contributed by atoms with E-state index >= 15 is 0 Å². The predicted molar refractivity (Wildman–Crippen MR) is 122 cm³/mol. The van der Waals surface area contributed by atoms with Crippen LogP contribution in [-0.2, 0) is 0 Å². The minimum absolute atomic E-state index is 0.197. The number of Topliss-reactive ketones (excluding diaryl/α,β-unsaturated/α-hetero) is 1. The molecule has 0 amide bonds. The quantitative estimate of drug-likeness (QED) is 0.314. The van der Waals surface area contributed by atoms with Gasteiger partial charge in [0.2, 0.25) is 5.78 Å². The number of hydrogen-bond donors (Lipinski definition) is 0. The van der Waals surface area contributed by atoms with E-state index in [9.17, 15) is 9.59 Å². The number of ketones is 1. The molecule has 2 aliphatic heterocycles. The highest BCUT2D eigenvalue weighted by molar-refractivity contribution is 6.12. The summed E-state index contributed by atoms with van der Waals surface area (Å²) in [5.74, 6) is 1.40. The normalized spacial score (nSPS) is 17.4. The second-order valence-electron chi connectivity index (χ2n) is 7.66. The first kappa shape index (κ1) is 20.6. The summed E-state index contributed by atoms with van der Waals surface area (Å²) < 4.78 is 22.4. The van der Waals surface area contributed by atoms with Gasteiger partial charge in [-0.25, -0.2) is 4.79 Å². The molecule has 2 heterocycles.